The van der Waals surface area contributed by atoms with Crippen molar-refractivity contribution in [1.29, 1.82) is 0 Å². The van der Waals surface area contributed by atoms with Gasteiger partial charge in [-0.1, -0.05) is 12.1 Å². The van der Waals surface area contributed by atoms with Gasteiger partial charge in [-0.25, -0.2) is 0 Å². The van der Waals surface area contributed by atoms with Crippen molar-refractivity contribution < 1.29 is 39.3 Å². The number of carboxylic acid groups (broad SMARTS) is 2. The first-order valence-electron chi connectivity index (χ1n) is 10.4. The zero-order valence-corrected chi connectivity index (χ0v) is 19.1. The zero-order valence-electron chi connectivity index (χ0n) is 18.2. The average Bonchev–Trinajstić information content (AvgIpc) is 2.76. The lowest BCUT2D eigenvalue weighted by Crippen LogP contribution is -2.77. The highest BCUT2D eigenvalue weighted by atomic mass is 31.2. The fourth-order valence-corrected chi connectivity index (χ4v) is 6.48. The first-order valence-corrected chi connectivity index (χ1v) is 12.2. The zero-order chi connectivity index (χ0) is 24.9. The van der Waals surface area contributed by atoms with Crippen molar-refractivity contribution >= 4 is 19.5 Å². The van der Waals surface area contributed by atoms with E-state index in [1.165, 1.54) is 12.4 Å². The van der Waals surface area contributed by atoms with E-state index in [0.717, 1.165) is 4.90 Å². The van der Waals surface area contributed by atoms with Crippen molar-refractivity contribution in [2.24, 2.45) is 10.8 Å². The molecule has 0 aromatic carbocycles. The highest BCUT2D eigenvalue weighted by Crippen LogP contribution is 2.62. The second-order valence-electron chi connectivity index (χ2n) is 8.87. The summed E-state index contributed by atoms with van der Waals surface area (Å²) in [5.41, 5.74) is -3.80. The Balaban J connectivity index is 2.04. The molecule has 4 atom stereocenters. The molecule has 182 valence electrons. The summed E-state index contributed by atoms with van der Waals surface area (Å²) < 4.78 is 11.9. The number of pyridine rings is 2. The summed E-state index contributed by atoms with van der Waals surface area (Å²) in [6.45, 7) is -0.992. The molecule has 2 saturated heterocycles. The maximum Gasteiger partial charge on any atom is 0.339 e. The van der Waals surface area contributed by atoms with Crippen LogP contribution in [0.4, 0.5) is 0 Å². The summed E-state index contributed by atoms with van der Waals surface area (Å²) in [5, 5.41) is 32.6. The van der Waals surface area contributed by atoms with Crippen molar-refractivity contribution in [3.63, 3.8) is 0 Å². The lowest BCUT2D eigenvalue weighted by atomic mass is 9.53. The van der Waals surface area contributed by atoms with Crippen molar-refractivity contribution in [1.82, 2.24) is 19.8 Å². The van der Waals surface area contributed by atoms with E-state index in [4.69, 9.17) is 0 Å². The van der Waals surface area contributed by atoms with Crippen LogP contribution in [-0.2, 0) is 14.2 Å². The minimum Gasteiger partial charge on any atom is -0.481 e. The van der Waals surface area contributed by atoms with Crippen molar-refractivity contribution in [2.45, 2.75) is 18.2 Å². The highest BCUT2D eigenvalue weighted by Gasteiger charge is 2.74. The second-order valence-corrected chi connectivity index (χ2v) is 10.5. The van der Waals surface area contributed by atoms with Crippen LogP contribution in [0.2, 0.25) is 0 Å². The van der Waals surface area contributed by atoms with Gasteiger partial charge in [0.15, 0.2) is 0 Å². The topological polar surface area (TPSA) is 185 Å². The number of rotatable bonds is 6. The SMILES string of the molecule is CN1C(c2ccccn2)C2(C(=O)O)CN(CP(=O)(O)O)CC(C(=O)O)(C1c1ccccn1)C2O. The molecule has 4 unspecified atom stereocenters. The maximum atomic E-state index is 12.9. The van der Waals surface area contributed by atoms with Gasteiger partial charge in [0.05, 0.1) is 29.6 Å². The van der Waals surface area contributed by atoms with Gasteiger partial charge in [-0.05, 0) is 31.3 Å². The third kappa shape index (κ3) is 3.63. The number of carboxylic acids is 2. The van der Waals surface area contributed by atoms with Gasteiger partial charge >= 0.3 is 19.5 Å². The van der Waals surface area contributed by atoms with E-state index in [1.54, 1.807) is 48.3 Å². The van der Waals surface area contributed by atoms with Gasteiger partial charge in [-0.2, -0.15) is 0 Å². The molecule has 12 nitrogen and oxygen atoms in total. The van der Waals surface area contributed by atoms with Crippen LogP contribution >= 0.6 is 7.60 Å². The summed E-state index contributed by atoms with van der Waals surface area (Å²) in [6, 6.07) is 7.42. The summed E-state index contributed by atoms with van der Waals surface area (Å²) in [5.74, 6) is -2.99. The third-order valence-electron chi connectivity index (χ3n) is 6.85. The fraction of sp³-hybridized carbons (Fsp3) is 0.429. The Labute approximate surface area is 194 Å². The predicted molar refractivity (Wildman–Crippen MR) is 116 cm³/mol. The number of fused-ring (bicyclic) bond motifs is 2. The fourth-order valence-electron chi connectivity index (χ4n) is 5.76. The average molecular weight is 492 g/mol. The van der Waals surface area contributed by atoms with Crippen molar-refractivity contribution in [2.75, 3.05) is 26.4 Å². The number of hydrogen-bond donors (Lipinski definition) is 5. The molecule has 4 rings (SSSR count). The molecule has 34 heavy (non-hydrogen) atoms. The Hall–Kier alpha value is -2.73. The van der Waals surface area contributed by atoms with Crippen LogP contribution in [0, 0.1) is 10.8 Å². The number of aliphatic hydroxyl groups excluding tert-OH is 1. The van der Waals surface area contributed by atoms with Gasteiger partial charge in [-0.3, -0.25) is 33.9 Å². The number of nitrogens with zero attached hydrogens (tertiary/aromatic N) is 4. The Kier molecular flexibility index (Phi) is 6.09. The molecule has 2 aliphatic rings. The molecule has 0 amide bonds. The number of aliphatic carboxylic acids is 2. The lowest BCUT2D eigenvalue weighted by Gasteiger charge is -2.63. The van der Waals surface area contributed by atoms with Gasteiger partial charge in [0.2, 0.25) is 0 Å². The van der Waals surface area contributed by atoms with Crippen LogP contribution in [0.5, 0.6) is 0 Å². The van der Waals surface area contributed by atoms with E-state index in [-0.39, 0.29) is 11.4 Å². The molecule has 5 N–H and O–H groups in total. The number of aliphatic hydroxyl groups is 1. The number of carbonyl (C=O) groups is 2. The van der Waals surface area contributed by atoms with Crippen LogP contribution in [0.15, 0.2) is 48.8 Å². The van der Waals surface area contributed by atoms with Crippen molar-refractivity contribution in [3.05, 3.63) is 60.2 Å². The summed E-state index contributed by atoms with van der Waals surface area (Å²) in [4.78, 5) is 56.4. The van der Waals surface area contributed by atoms with Crippen LogP contribution in [0.1, 0.15) is 23.5 Å². The van der Waals surface area contributed by atoms with Gasteiger partial charge in [0.25, 0.3) is 0 Å². The van der Waals surface area contributed by atoms with Gasteiger partial charge in [-0.15, -0.1) is 0 Å². The van der Waals surface area contributed by atoms with E-state index in [1.807, 2.05) is 0 Å². The molecular weight excluding hydrogens is 467 g/mol. The molecule has 2 aromatic rings. The van der Waals surface area contributed by atoms with Crippen LogP contribution in [0.3, 0.4) is 0 Å². The standard InChI is InChI=1S/C21H25N4O8P/c1-24-15(13-6-2-4-8-22-13)20(18(27)28)10-25(12-34(31,32)33)11-21(17(20)26,19(29)30)16(24)14-7-3-5-9-23-14/h2-9,15-17,26H,10-12H2,1H3,(H,27,28)(H,29,30)(H2,31,32,33). The van der Waals surface area contributed by atoms with Gasteiger partial charge in [0.1, 0.15) is 17.1 Å². The molecule has 0 spiro atoms. The number of piperidine rings is 2. The number of likely N-dealkylation sites (tertiary alicyclic amines) is 2. The largest absolute Gasteiger partial charge is 0.481 e. The van der Waals surface area contributed by atoms with Gasteiger partial charge < -0.3 is 25.1 Å². The molecular formula is C21H25N4O8P. The quantitative estimate of drug-likeness (QED) is 0.345. The molecule has 2 aromatic heterocycles. The van der Waals surface area contributed by atoms with E-state index < -0.39 is 67.9 Å². The molecule has 2 aliphatic heterocycles. The van der Waals surface area contributed by atoms with Crippen LogP contribution in [0.25, 0.3) is 0 Å². The van der Waals surface area contributed by atoms with E-state index in [9.17, 15) is 39.3 Å². The maximum absolute atomic E-state index is 12.9. The Morgan fingerprint density at radius 1 is 0.971 bits per heavy atom. The minimum atomic E-state index is -4.70. The van der Waals surface area contributed by atoms with Crippen LogP contribution < -0.4 is 0 Å². The third-order valence-corrected chi connectivity index (χ3v) is 7.62. The molecule has 0 aliphatic carbocycles. The molecule has 0 saturated carbocycles. The second kappa shape index (κ2) is 8.49. The summed E-state index contributed by atoms with van der Waals surface area (Å²) >= 11 is 0. The first-order chi connectivity index (χ1) is 15.9. The van der Waals surface area contributed by atoms with E-state index >= 15 is 0 Å². The van der Waals surface area contributed by atoms with E-state index in [0.29, 0.717) is 0 Å². The normalized spacial score (nSPS) is 32.3. The minimum absolute atomic E-state index is 0.268. The van der Waals surface area contributed by atoms with Crippen LogP contribution in [-0.4, -0.2) is 89.3 Å². The Bertz CT molecular complexity index is 1060. The lowest BCUT2D eigenvalue weighted by molar-refractivity contribution is -0.245. The monoisotopic (exact) mass is 492 g/mol. The first kappa shape index (κ1) is 24.4. The summed E-state index contributed by atoms with van der Waals surface area (Å²) in [7, 11) is -3.14. The smallest absolute Gasteiger partial charge is 0.339 e. The molecule has 4 heterocycles. The molecule has 2 fully saturated rings. The molecule has 0 radical (unpaired) electrons. The highest BCUT2D eigenvalue weighted by molar-refractivity contribution is 7.51. The predicted octanol–water partition coefficient (Wildman–Crippen LogP) is 0.158. The Morgan fingerprint density at radius 3 is 1.74 bits per heavy atom. The van der Waals surface area contributed by atoms with Crippen molar-refractivity contribution in [3.8, 4) is 0 Å². The van der Waals surface area contributed by atoms with E-state index in [2.05, 4.69) is 9.97 Å². The molecule has 2 bridgehead atoms. The van der Waals surface area contributed by atoms with Gasteiger partial charge in [0, 0.05) is 25.5 Å². The number of hydrogen-bond acceptors (Lipinski definition) is 8. The summed E-state index contributed by atoms with van der Waals surface area (Å²) in [6.07, 6.45) is 0.113. The number of aromatic nitrogens is 2. The molecule has 13 heteroatoms. The Morgan fingerprint density at radius 2 is 1.41 bits per heavy atom.